The summed E-state index contributed by atoms with van der Waals surface area (Å²) < 4.78 is 5.15. The molecular weight excluding hydrogens is 124 g/mol. The predicted molar refractivity (Wildman–Crippen MR) is 44.9 cm³/mol. The molecule has 0 N–H and O–H groups in total. The summed E-state index contributed by atoms with van der Waals surface area (Å²) in [5, 5.41) is 0. The van der Waals surface area contributed by atoms with Crippen LogP contribution >= 0.6 is 0 Å². The lowest BCUT2D eigenvalue weighted by atomic mass is 10.2. The Labute approximate surface area is 64.1 Å². The average Bonchev–Trinajstić information content (AvgIpc) is 1.97. The number of hydrogen-bond acceptors (Lipinski definition) is 1. The van der Waals surface area contributed by atoms with Gasteiger partial charge in [0.2, 0.25) is 0 Å². The lowest BCUT2D eigenvalue weighted by molar-refractivity contribution is 0.249. The zero-order valence-electron chi connectivity index (χ0n) is 7.10. The molecule has 0 aromatic heterocycles. The first kappa shape index (κ1) is 9.54. The van der Waals surface area contributed by atoms with Crippen LogP contribution in [0.3, 0.4) is 0 Å². The number of unbranched alkanes of at least 4 members (excludes halogenated alkanes) is 2. The molecule has 1 nitrogen and oxygen atoms in total. The van der Waals surface area contributed by atoms with Gasteiger partial charge in [-0.15, -0.1) is 0 Å². The van der Waals surface area contributed by atoms with Crippen molar-refractivity contribution in [3.8, 4) is 0 Å². The van der Waals surface area contributed by atoms with Crippen LogP contribution in [0.15, 0.2) is 12.3 Å². The molecule has 0 aliphatic carbocycles. The van der Waals surface area contributed by atoms with Crippen LogP contribution in [0.5, 0.6) is 0 Å². The molecule has 0 unspecified atom stereocenters. The summed E-state index contributed by atoms with van der Waals surface area (Å²) in [6.45, 7) is 5.16. The largest absolute Gasteiger partial charge is 0.502 e. The van der Waals surface area contributed by atoms with Crippen molar-refractivity contribution in [3.05, 3.63) is 12.3 Å². The van der Waals surface area contributed by atoms with Gasteiger partial charge in [-0.25, -0.2) is 0 Å². The second-order valence-electron chi connectivity index (χ2n) is 2.38. The van der Waals surface area contributed by atoms with Crippen molar-refractivity contribution in [2.24, 2.45) is 0 Å². The third kappa shape index (κ3) is 7.54. The lowest BCUT2D eigenvalue weighted by Gasteiger charge is -1.94. The lowest BCUT2D eigenvalue weighted by Crippen LogP contribution is -1.81. The van der Waals surface area contributed by atoms with Gasteiger partial charge >= 0.3 is 0 Å². The van der Waals surface area contributed by atoms with Crippen LogP contribution in [0, 0.1) is 0 Å². The third-order valence-electron chi connectivity index (χ3n) is 1.24. The molecular formula is C9H18O. The van der Waals surface area contributed by atoms with E-state index in [1.54, 1.807) is 0 Å². The molecule has 0 aromatic rings. The van der Waals surface area contributed by atoms with E-state index in [9.17, 15) is 0 Å². The van der Waals surface area contributed by atoms with Crippen LogP contribution in [0.2, 0.25) is 0 Å². The van der Waals surface area contributed by atoms with Crippen LogP contribution in [0.1, 0.15) is 39.5 Å². The number of ether oxygens (including phenoxy) is 1. The second-order valence-corrected chi connectivity index (χ2v) is 2.38. The van der Waals surface area contributed by atoms with Crippen molar-refractivity contribution in [1.29, 1.82) is 0 Å². The van der Waals surface area contributed by atoms with Gasteiger partial charge < -0.3 is 4.74 Å². The summed E-state index contributed by atoms with van der Waals surface area (Å²) in [5.41, 5.74) is 0. The monoisotopic (exact) mass is 142 g/mol. The Morgan fingerprint density at radius 3 is 2.60 bits per heavy atom. The highest BCUT2D eigenvalue weighted by Crippen LogP contribution is 1.94. The summed E-state index contributed by atoms with van der Waals surface area (Å²) >= 11 is 0. The minimum Gasteiger partial charge on any atom is -0.502 e. The Morgan fingerprint density at radius 2 is 2.00 bits per heavy atom. The van der Waals surface area contributed by atoms with Crippen molar-refractivity contribution in [1.82, 2.24) is 0 Å². The first-order valence-electron chi connectivity index (χ1n) is 4.18. The van der Waals surface area contributed by atoms with Gasteiger partial charge in [-0.05, 0) is 25.3 Å². The quantitative estimate of drug-likeness (QED) is 0.409. The third-order valence-corrected chi connectivity index (χ3v) is 1.24. The van der Waals surface area contributed by atoms with Crippen molar-refractivity contribution >= 4 is 0 Å². The van der Waals surface area contributed by atoms with Gasteiger partial charge in [0.15, 0.2) is 0 Å². The number of allylic oxidation sites excluding steroid dienone is 1. The maximum Gasteiger partial charge on any atom is 0.0870 e. The average molecular weight is 142 g/mol. The van der Waals surface area contributed by atoms with Crippen LogP contribution < -0.4 is 0 Å². The predicted octanol–water partition coefficient (Wildman–Crippen LogP) is 3.12. The van der Waals surface area contributed by atoms with E-state index in [1.165, 1.54) is 12.8 Å². The molecule has 0 aliphatic heterocycles. The first-order valence-corrected chi connectivity index (χ1v) is 4.18. The fraction of sp³-hybridized carbons (Fsp3) is 0.778. The minimum atomic E-state index is 0.850. The van der Waals surface area contributed by atoms with Gasteiger partial charge in [-0.3, -0.25) is 0 Å². The van der Waals surface area contributed by atoms with Crippen LogP contribution in [0.25, 0.3) is 0 Å². The topological polar surface area (TPSA) is 9.23 Å². The summed E-state index contributed by atoms with van der Waals surface area (Å²) in [6.07, 6.45) is 8.70. The summed E-state index contributed by atoms with van der Waals surface area (Å²) in [6, 6.07) is 0. The summed E-state index contributed by atoms with van der Waals surface area (Å²) in [5.74, 6) is 0. The standard InChI is InChI=1S/C9H18O/c1-3-5-6-7-9-10-8-4-2/h7,9H,3-6,8H2,1-2H3. The van der Waals surface area contributed by atoms with Crippen LogP contribution in [-0.2, 0) is 4.74 Å². The van der Waals surface area contributed by atoms with Gasteiger partial charge in [0, 0.05) is 0 Å². The van der Waals surface area contributed by atoms with E-state index in [1.807, 2.05) is 6.26 Å². The van der Waals surface area contributed by atoms with Crippen LogP contribution in [0.4, 0.5) is 0 Å². The Morgan fingerprint density at radius 1 is 1.20 bits per heavy atom. The van der Waals surface area contributed by atoms with Gasteiger partial charge in [0.25, 0.3) is 0 Å². The fourth-order valence-corrected chi connectivity index (χ4v) is 0.644. The highest BCUT2D eigenvalue weighted by Gasteiger charge is 1.77. The van der Waals surface area contributed by atoms with Gasteiger partial charge in [0.1, 0.15) is 0 Å². The Bertz CT molecular complexity index is 66.8. The molecule has 0 radical (unpaired) electrons. The molecule has 60 valence electrons. The summed E-state index contributed by atoms with van der Waals surface area (Å²) in [4.78, 5) is 0. The molecule has 0 heterocycles. The van der Waals surface area contributed by atoms with E-state index in [-0.39, 0.29) is 0 Å². The molecule has 0 saturated carbocycles. The van der Waals surface area contributed by atoms with Gasteiger partial charge in [-0.1, -0.05) is 20.3 Å². The van der Waals surface area contributed by atoms with E-state index in [0.29, 0.717) is 0 Å². The Kier molecular flexibility index (Phi) is 8.15. The molecule has 1 heteroatoms. The first-order chi connectivity index (χ1) is 4.91. The molecule has 0 atom stereocenters. The van der Waals surface area contributed by atoms with E-state index in [0.717, 1.165) is 19.4 Å². The van der Waals surface area contributed by atoms with E-state index < -0.39 is 0 Å². The normalized spacial score (nSPS) is 10.6. The van der Waals surface area contributed by atoms with E-state index in [4.69, 9.17) is 4.74 Å². The van der Waals surface area contributed by atoms with Crippen molar-refractivity contribution in [2.45, 2.75) is 39.5 Å². The van der Waals surface area contributed by atoms with Gasteiger partial charge in [0.05, 0.1) is 12.9 Å². The smallest absolute Gasteiger partial charge is 0.0870 e. The highest BCUT2D eigenvalue weighted by molar-refractivity contribution is 4.72. The molecule has 0 aromatic carbocycles. The SMILES string of the molecule is CCCCC=COCCC. The maximum absolute atomic E-state index is 5.15. The molecule has 0 saturated heterocycles. The van der Waals surface area contributed by atoms with E-state index in [2.05, 4.69) is 19.9 Å². The molecule has 0 fully saturated rings. The van der Waals surface area contributed by atoms with Crippen LogP contribution in [-0.4, -0.2) is 6.61 Å². The molecule has 0 spiro atoms. The number of rotatable bonds is 6. The Hall–Kier alpha value is -0.460. The maximum atomic E-state index is 5.15. The molecule has 0 aliphatic rings. The van der Waals surface area contributed by atoms with Crippen molar-refractivity contribution in [2.75, 3.05) is 6.61 Å². The zero-order chi connectivity index (χ0) is 7.66. The van der Waals surface area contributed by atoms with Crippen molar-refractivity contribution < 1.29 is 4.74 Å². The van der Waals surface area contributed by atoms with E-state index >= 15 is 0 Å². The molecule has 0 amide bonds. The highest BCUT2D eigenvalue weighted by atomic mass is 16.5. The van der Waals surface area contributed by atoms with Gasteiger partial charge in [-0.2, -0.15) is 0 Å². The Balaban J connectivity index is 2.89. The fourth-order valence-electron chi connectivity index (χ4n) is 0.644. The molecule has 10 heavy (non-hydrogen) atoms. The zero-order valence-corrected chi connectivity index (χ0v) is 7.10. The summed E-state index contributed by atoms with van der Waals surface area (Å²) in [7, 11) is 0. The number of hydrogen-bond donors (Lipinski definition) is 0. The minimum absolute atomic E-state index is 0.850. The molecule has 0 rings (SSSR count). The molecule has 0 bridgehead atoms. The van der Waals surface area contributed by atoms with Crippen molar-refractivity contribution in [3.63, 3.8) is 0 Å². The second kappa shape index (κ2) is 8.54.